The van der Waals surface area contributed by atoms with Gasteiger partial charge in [0.15, 0.2) is 0 Å². The maximum atomic E-state index is 13.6. The Bertz CT molecular complexity index is 978. The van der Waals surface area contributed by atoms with Crippen LogP contribution >= 0.6 is 0 Å². The largest absolute Gasteiger partial charge is 0.314 e. The molecule has 9 heteroatoms. The Morgan fingerprint density at radius 1 is 1.11 bits per heavy atom. The Kier molecular flexibility index (Phi) is 3.71. The smallest absolute Gasteiger partial charge is 0.243 e. The highest BCUT2D eigenvalue weighted by molar-refractivity contribution is 7.89. The first-order chi connectivity index (χ1) is 12.9. The van der Waals surface area contributed by atoms with E-state index in [4.69, 9.17) is 0 Å². The van der Waals surface area contributed by atoms with Crippen LogP contribution in [0.5, 0.6) is 0 Å². The summed E-state index contributed by atoms with van der Waals surface area (Å²) in [6.07, 6.45) is 6.83. The SMILES string of the molecule is O=S(=O)(c1cc(F)cc(F)c1)N1CC(c2nncn2C2CC2)C2(CCC2)C1. The van der Waals surface area contributed by atoms with Gasteiger partial charge in [-0.3, -0.25) is 0 Å². The molecular weight excluding hydrogens is 374 g/mol. The van der Waals surface area contributed by atoms with Gasteiger partial charge < -0.3 is 4.57 Å². The Morgan fingerprint density at radius 3 is 2.41 bits per heavy atom. The molecule has 0 radical (unpaired) electrons. The zero-order valence-corrected chi connectivity index (χ0v) is 15.5. The van der Waals surface area contributed by atoms with Crippen LogP contribution in [0.2, 0.25) is 0 Å². The van der Waals surface area contributed by atoms with E-state index in [1.807, 2.05) is 0 Å². The van der Waals surface area contributed by atoms with Gasteiger partial charge in [-0.1, -0.05) is 6.42 Å². The second kappa shape index (κ2) is 5.81. The fourth-order valence-electron chi connectivity index (χ4n) is 4.56. The molecule has 3 aliphatic rings. The van der Waals surface area contributed by atoms with Crippen LogP contribution in [0, 0.1) is 17.0 Å². The summed E-state index contributed by atoms with van der Waals surface area (Å²) in [5.74, 6) is -0.977. The van der Waals surface area contributed by atoms with E-state index in [-0.39, 0.29) is 22.8 Å². The summed E-state index contributed by atoms with van der Waals surface area (Å²) in [5.41, 5.74) is -0.154. The normalized spacial score (nSPS) is 25.0. The Hall–Kier alpha value is -1.87. The molecule has 1 saturated heterocycles. The van der Waals surface area contributed by atoms with Gasteiger partial charge in [0.05, 0.1) is 4.90 Å². The van der Waals surface area contributed by atoms with Crippen molar-refractivity contribution in [2.24, 2.45) is 5.41 Å². The summed E-state index contributed by atoms with van der Waals surface area (Å²) in [6.45, 7) is 0.627. The van der Waals surface area contributed by atoms with Crippen LogP contribution in [0.4, 0.5) is 8.78 Å². The second-order valence-corrected chi connectivity index (χ2v) is 9.94. The summed E-state index contributed by atoms with van der Waals surface area (Å²) in [4.78, 5) is -0.334. The Labute approximate surface area is 156 Å². The third-order valence-electron chi connectivity index (χ3n) is 6.29. The quantitative estimate of drug-likeness (QED) is 0.800. The van der Waals surface area contributed by atoms with Crippen LogP contribution in [0.3, 0.4) is 0 Å². The number of nitrogens with zero attached hydrogens (tertiary/aromatic N) is 4. The Morgan fingerprint density at radius 2 is 1.81 bits per heavy atom. The lowest BCUT2D eigenvalue weighted by atomic mass is 9.62. The molecule has 1 aromatic heterocycles. The standard InChI is InChI=1S/C18H20F2N4O2S/c19-12-6-13(20)8-15(7-12)27(25,26)23-9-16(18(10-23)4-1-5-18)17-22-21-11-24(17)14-2-3-14/h6-8,11,14,16H,1-5,9-10H2. The van der Waals surface area contributed by atoms with Gasteiger partial charge in [-0.15, -0.1) is 10.2 Å². The van der Waals surface area contributed by atoms with Gasteiger partial charge in [0.25, 0.3) is 0 Å². The number of halogens is 2. The molecule has 2 aliphatic carbocycles. The van der Waals surface area contributed by atoms with Gasteiger partial charge >= 0.3 is 0 Å². The molecule has 1 unspecified atom stereocenters. The second-order valence-electron chi connectivity index (χ2n) is 8.00. The van der Waals surface area contributed by atoms with Crippen LogP contribution in [-0.4, -0.2) is 40.6 Å². The molecule has 0 amide bonds. The maximum Gasteiger partial charge on any atom is 0.243 e. The number of hydrogen-bond donors (Lipinski definition) is 0. The summed E-state index contributed by atoms with van der Waals surface area (Å²) in [5, 5.41) is 8.39. The molecule has 0 bridgehead atoms. The molecule has 2 aromatic rings. The van der Waals surface area contributed by atoms with Crippen molar-refractivity contribution in [1.29, 1.82) is 0 Å². The van der Waals surface area contributed by atoms with E-state index in [1.165, 1.54) is 4.31 Å². The summed E-state index contributed by atoms with van der Waals surface area (Å²) < 4.78 is 56.7. The van der Waals surface area contributed by atoms with Gasteiger partial charge in [0.2, 0.25) is 10.0 Å². The van der Waals surface area contributed by atoms with Crippen LogP contribution in [0.1, 0.15) is 49.9 Å². The van der Waals surface area contributed by atoms with E-state index >= 15 is 0 Å². The third kappa shape index (κ3) is 2.70. The molecule has 1 aliphatic heterocycles. The van der Waals surface area contributed by atoms with Crippen LogP contribution in [0.15, 0.2) is 29.4 Å². The molecular formula is C18H20F2N4O2S. The van der Waals surface area contributed by atoms with E-state index in [2.05, 4.69) is 14.8 Å². The minimum Gasteiger partial charge on any atom is -0.314 e. The lowest BCUT2D eigenvalue weighted by Gasteiger charge is -2.42. The van der Waals surface area contributed by atoms with Crippen LogP contribution in [-0.2, 0) is 10.0 Å². The van der Waals surface area contributed by atoms with Gasteiger partial charge in [0.1, 0.15) is 23.8 Å². The number of hydrogen-bond acceptors (Lipinski definition) is 4. The first-order valence-electron chi connectivity index (χ1n) is 9.25. The van der Waals surface area contributed by atoms with Gasteiger partial charge in [0, 0.05) is 31.1 Å². The minimum atomic E-state index is -3.98. The van der Waals surface area contributed by atoms with Gasteiger partial charge in [-0.2, -0.15) is 4.31 Å². The molecule has 1 atom stereocenters. The topological polar surface area (TPSA) is 68.1 Å². The highest BCUT2D eigenvalue weighted by atomic mass is 32.2. The van der Waals surface area contributed by atoms with Crippen molar-refractivity contribution in [3.63, 3.8) is 0 Å². The van der Waals surface area contributed by atoms with E-state index in [0.717, 1.165) is 50.1 Å². The number of aromatic nitrogens is 3. The lowest BCUT2D eigenvalue weighted by molar-refractivity contribution is 0.125. The minimum absolute atomic E-state index is 0.0393. The van der Waals surface area contributed by atoms with Gasteiger partial charge in [-0.25, -0.2) is 17.2 Å². The van der Waals surface area contributed by atoms with Crippen molar-refractivity contribution >= 4 is 10.0 Å². The van der Waals surface area contributed by atoms with E-state index < -0.39 is 21.7 Å². The number of rotatable bonds is 4. The molecule has 1 spiro atoms. The first kappa shape index (κ1) is 17.2. The lowest BCUT2D eigenvalue weighted by Crippen LogP contribution is -2.38. The summed E-state index contributed by atoms with van der Waals surface area (Å²) >= 11 is 0. The zero-order valence-electron chi connectivity index (χ0n) is 14.7. The molecule has 2 saturated carbocycles. The van der Waals surface area contributed by atoms with Crippen molar-refractivity contribution < 1.29 is 17.2 Å². The predicted octanol–water partition coefficient (Wildman–Crippen LogP) is 2.85. The molecule has 0 N–H and O–H groups in total. The molecule has 2 heterocycles. The average molecular weight is 394 g/mol. The summed E-state index contributed by atoms with van der Waals surface area (Å²) in [6, 6.07) is 2.85. The van der Waals surface area contributed by atoms with Crippen LogP contribution in [0.25, 0.3) is 0 Å². The fraction of sp³-hybridized carbons (Fsp3) is 0.556. The van der Waals surface area contributed by atoms with E-state index in [1.54, 1.807) is 6.33 Å². The molecule has 27 heavy (non-hydrogen) atoms. The monoisotopic (exact) mass is 394 g/mol. The highest BCUT2D eigenvalue weighted by Gasteiger charge is 2.55. The molecule has 1 aromatic carbocycles. The number of benzene rings is 1. The van der Waals surface area contributed by atoms with Gasteiger partial charge in [-0.05, 0) is 43.2 Å². The maximum absolute atomic E-state index is 13.6. The van der Waals surface area contributed by atoms with Crippen molar-refractivity contribution in [2.45, 2.75) is 49.0 Å². The zero-order chi connectivity index (χ0) is 18.8. The Balaban J connectivity index is 1.51. The van der Waals surface area contributed by atoms with Crippen LogP contribution < -0.4 is 0 Å². The van der Waals surface area contributed by atoms with E-state index in [9.17, 15) is 17.2 Å². The third-order valence-corrected chi connectivity index (χ3v) is 8.08. The summed E-state index contributed by atoms with van der Waals surface area (Å²) in [7, 11) is -3.98. The van der Waals surface area contributed by atoms with E-state index in [0.29, 0.717) is 18.7 Å². The van der Waals surface area contributed by atoms with Crippen molar-refractivity contribution in [3.05, 3.63) is 42.0 Å². The highest BCUT2D eigenvalue weighted by Crippen LogP contribution is 2.57. The average Bonchev–Trinajstić information content (AvgIpc) is 3.16. The molecule has 3 fully saturated rings. The first-order valence-corrected chi connectivity index (χ1v) is 10.7. The van der Waals surface area contributed by atoms with Crippen molar-refractivity contribution in [1.82, 2.24) is 19.1 Å². The fourth-order valence-corrected chi connectivity index (χ4v) is 6.15. The number of sulfonamides is 1. The van der Waals surface area contributed by atoms with Crippen molar-refractivity contribution in [2.75, 3.05) is 13.1 Å². The van der Waals surface area contributed by atoms with Crippen molar-refractivity contribution in [3.8, 4) is 0 Å². The molecule has 5 rings (SSSR count). The molecule has 6 nitrogen and oxygen atoms in total. The molecule has 144 valence electrons. The predicted molar refractivity (Wildman–Crippen MR) is 92.4 cm³/mol.